The lowest BCUT2D eigenvalue weighted by molar-refractivity contribution is 0.112. The van der Waals surface area contributed by atoms with Gasteiger partial charge in [0.05, 0.1) is 16.7 Å². The average molecular weight is 298 g/mol. The molecule has 0 radical (unpaired) electrons. The number of carbonyl (C=O) groups is 1. The van der Waals surface area contributed by atoms with Gasteiger partial charge in [0.1, 0.15) is 6.29 Å². The molecule has 0 aliphatic carbocycles. The van der Waals surface area contributed by atoms with E-state index in [0.717, 1.165) is 39.7 Å². The molecule has 0 fully saturated rings. The molecule has 0 spiro atoms. The van der Waals surface area contributed by atoms with Gasteiger partial charge in [-0.05, 0) is 29.3 Å². The Morgan fingerprint density at radius 3 is 2.52 bits per heavy atom. The number of rotatable bonds is 3. The number of fused-ring (bicyclic) bond motifs is 1. The summed E-state index contributed by atoms with van der Waals surface area (Å²) in [6.45, 7) is 0. The smallest absolute Gasteiger partial charge is 0.150 e. The highest BCUT2D eigenvalue weighted by atomic mass is 16.1. The van der Waals surface area contributed by atoms with Crippen LogP contribution >= 0.6 is 0 Å². The highest BCUT2D eigenvalue weighted by Crippen LogP contribution is 2.37. The zero-order chi connectivity index (χ0) is 15.6. The molecule has 3 heteroatoms. The highest BCUT2D eigenvalue weighted by Gasteiger charge is 2.15. The molecule has 0 atom stereocenters. The molecular weight excluding hydrogens is 284 g/mol. The van der Waals surface area contributed by atoms with E-state index in [9.17, 15) is 4.79 Å². The van der Waals surface area contributed by atoms with E-state index in [0.29, 0.717) is 5.56 Å². The van der Waals surface area contributed by atoms with Crippen molar-refractivity contribution < 1.29 is 4.79 Å². The summed E-state index contributed by atoms with van der Waals surface area (Å²) in [4.78, 5) is 19.1. The Balaban J connectivity index is 2.05. The van der Waals surface area contributed by atoms with Crippen LogP contribution in [-0.2, 0) is 0 Å². The first-order valence-corrected chi connectivity index (χ1v) is 7.44. The van der Waals surface area contributed by atoms with Crippen LogP contribution in [0.1, 0.15) is 10.4 Å². The summed E-state index contributed by atoms with van der Waals surface area (Å²) >= 11 is 0. The van der Waals surface area contributed by atoms with Crippen molar-refractivity contribution in [2.24, 2.45) is 0 Å². The summed E-state index contributed by atoms with van der Waals surface area (Å²) in [7, 11) is 0. The van der Waals surface area contributed by atoms with Crippen LogP contribution in [0.2, 0.25) is 0 Å². The molecule has 0 aliphatic heterocycles. The van der Waals surface area contributed by atoms with E-state index in [2.05, 4.69) is 22.1 Å². The number of aromatic amines is 1. The number of H-pyrrole nitrogens is 1. The standard InChI is InChI=1S/C20H14N2O/c23-13-14-6-4-9-16(12-14)18-19(15-7-2-1-3-8-15)22-17-10-5-11-21-20(17)18/h1-13,22H. The Bertz CT molecular complexity index is 987. The quantitative estimate of drug-likeness (QED) is 0.557. The molecule has 0 unspecified atom stereocenters. The van der Waals surface area contributed by atoms with Gasteiger partial charge >= 0.3 is 0 Å². The molecule has 4 aromatic rings. The zero-order valence-electron chi connectivity index (χ0n) is 12.4. The Hall–Kier alpha value is -3.20. The lowest BCUT2D eigenvalue weighted by atomic mass is 9.99. The van der Waals surface area contributed by atoms with E-state index in [1.165, 1.54) is 0 Å². The van der Waals surface area contributed by atoms with Gasteiger partial charge in [-0.25, -0.2) is 0 Å². The largest absolute Gasteiger partial charge is 0.353 e. The van der Waals surface area contributed by atoms with Crippen LogP contribution in [0.15, 0.2) is 72.9 Å². The minimum absolute atomic E-state index is 0.659. The van der Waals surface area contributed by atoms with Crippen molar-refractivity contribution in [3.8, 4) is 22.4 Å². The van der Waals surface area contributed by atoms with Crippen molar-refractivity contribution >= 4 is 17.3 Å². The maximum absolute atomic E-state index is 11.1. The van der Waals surface area contributed by atoms with Gasteiger partial charge in [-0.1, -0.05) is 48.5 Å². The number of nitrogens with one attached hydrogen (secondary N) is 1. The predicted octanol–water partition coefficient (Wildman–Crippen LogP) is 4.71. The third-order valence-electron chi connectivity index (χ3n) is 3.93. The number of hydrogen-bond acceptors (Lipinski definition) is 2. The van der Waals surface area contributed by atoms with Gasteiger partial charge in [-0.15, -0.1) is 0 Å². The lowest BCUT2D eigenvalue weighted by Crippen LogP contribution is -1.86. The lowest BCUT2D eigenvalue weighted by Gasteiger charge is -2.06. The first kappa shape index (κ1) is 13.5. The van der Waals surface area contributed by atoms with E-state index < -0.39 is 0 Å². The molecule has 3 nitrogen and oxygen atoms in total. The first-order chi connectivity index (χ1) is 11.4. The molecule has 2 aromatic heterocycles. The van der Waals surface area contributed by atoms with Crippen LogP contribution in [0.25, 0.3) is 33.4 Å². The zero-order valence-corrected chi connectivity index (χ0v) is 12.4. The van der Waals surface area contributed by atoms with Crippen LogP contribution in [0, 0.1) is 0 Å². The fraction of sp³-hybridized carbons (Fsp3) is 0. The number of nitrogens with zero attached hydrogens (tertiary/aromatic N) is 1. The highest BCUT2D eigenvalue weighted by molar-refractivity contribution is 6.02. The summed E-state index contributed by atoms with van der Waals surface area (Å²) in [5, 5.41) is 0. The summed E-state index contributed by atoms with van der Waals surface area (Å²) in [6, 6.07) is 21.7. The topological polar surface area (TPSA) is 45.8 Å². The number of carbonyl (C=O) groups excluding carboxylic acids is 1. The Labute approximate surface area is 133 Å². The van der Waals surface area contributed by atoms with Gasteiger partial charge in [0.15, 0.2) is 0 Å². The third-order valence-corrected chi connectivity index (χ3v) is 3.93. The third kappa shape index (κ3) is 2.32. The van der Waals surface area contributed by atoms with Crippen molar-refractivity contribution in [3.63, 3.8) is 0 Å². The molecule has 4 rings (SSSR count). The predicted molar refractivity (Wildman–Crippen MR) is 92.4 cm³/mol. The molecule has 2 heterocycles. The molecule has 0 amide bonds. The van der Waals surface area contributed by atoms with Gasteiger partial charge in [-0.3, -0.25) is 9.78 Å². The second-order valence-corrected chi connectivity index (χ2v) is 5.38. The molecule has 0 saturated carbocycles. The first-order valence-electron chi connectivity index (χ1n) is 7.44. The van der Waals surface area contributed by atoms with Gasteiger partial charge in [0.25, 0.3) is 0 Å². The van der Waals surface area contributed by atoms with Crippen molar-refractivity contribution in [3.05, 3.63) is 78.5 Å². The molecular formula is C20H14N2O. The Kier molecular flexibility index (Phi) is 3.24. The van der Waals surface area contributed by atoms with Crippen LogP contribution in [0.5, 0.6) is 0 Å². The number of benzene rings is 2. The van der Waals surface area contributed by atoms with Crippen LogP contribution in [0.4, 0.5) is 0 Å². The van der Waals surface area contributed by atoms with E-state index in [1.54, 1.807) is 12.3 Å². The summed E-state index contributed by atoms with van der Waals surface area (Å²) < 4.78 is 0. The second-order valence-electron chi connectivity index (χ2n) is 5.38. The molecule has 2 aromatic carbocycles. The van der Waals surface area contributed by atoms with E-state index in [-0.39, 0.29) is 0 Å². The molecule has 23 heavy (non-hydrogen) atoms. The second kappa shape index (κ2) is 5.54. The monoisotopic (exact) mass is 298 g/mol. The fourth-order valence-electron chi connectivity index (χ4n) is 2.89. The minimum Gasteiger partial charge on any atom is -0.353 e. The number of aromatic nitrogens is 2. The summed E-state index contributed by atoms with van der Waals surface area (Å²) in [5.74, 6) is 0. The van der Waals surface area contributed by atoms with Gasteiger partial charge in [-0.2, -0.15) is 0 Å². The molecule has 1 N–H and O–H groups in total. The number of pyridine rings is 1. The van der Waals surface area contributed by atoms with Crippen molar-refractivity contribution in [2.45, 2.75) is 0 Å². The minimum atomic E-state index is 0.659. The van der Waals surface area contributed by atoms with E-state index >= 15 is 0 Å². The van der Waals surface area contributed by atoms with Gasteiger partial charge < -0.3 is 4.98 Å². The van der Waals surface area contributed by atoms with Crippen LogP contribution in [-0.4, -0.2) is 16.3 Å². The molecule has 0 bridgehead atoms. The van der Waals surface area contributed by atoms with Crippen LogP contribution < -0.4 is 0 Å². The van der Waals surface area contributed by atoms with Crippen molar-refractivity contribution in [1.82, 2.24) is 9.97 Å². The maximum Gasteiger partial charge on any atom is 0.150 e. The molecule has 0 saturated heterocycles. The summed E-state index contributed by atoms with van der Waals surface area (Å²) in [6.07, 6.45) is 2.66. The maximum atomic E-state index is 11.1. The van der Waals surface area contributed by atoms with Crippen molar-refractivity contribution in [2.75, 3.05) is 0 Å². The van der Waals surface area contributed by atoms with Gasteiger partial charge in [0, 0.05) is 17.3 Å². The van der Waals surface area contributed by atoms with E-state index in [1.807, 2.05) is 48.5 Å². The SMILES string of the molecule is O=Cc1cccc(-c2c(-c3ccccc3)[nH]c3cccnc23)c1. The fourth-order valence-corrected chi connectivity index (χ4v) is 2.89. The Morgan fingerprint density at radius 2 is 1.70 bits per heavy atom. The summed E-state index contributed by atoms with van der Waals surface area (Å²) in [5.41, 5.74) is 6.67. The molecule has 110 valence electrons. The Morgan fingerprint density at radius 1 is 0.870 bits per heavy atom. The van der Waals surface area contributed by atoms with Gasteiger partial charge in [0.2, 0.25) is 0 Å². The van der Waals surface area contributed by atoms with Crippen LogP contribution in [0.3, 0.4) is 0 Å². The number of aldehydes is 1. The normalized spacial score (nSPS) is 10.8. The molecule has 0 aliphatic rings. The van der Waals surface area contributed by atoms with Crippen molar-refractivity contribution in [1.29, 1.82) is 0 Å². The average Bonchev–Trinajstić information content (AvgIpc) is 3.02. The van der Waals surface area contributed by atoms with E-state index in [4.69, 9.17) is 0 Å². The number of hydrogen-bond donors (Lipinski definition) is 1.